The monoisotopic (exact) mass is 257 g/mol. The molecular weight excluding hydrogens is 246 g/mol. The second-order valence-corrected chi connectivity index (χ2v) is 4.72. The van der Waals surface area contributed by atoms with Crippen molar-refractivity contribution in [3.05, 3.63) is 53.2 Å². The Kier molecular flexibility index (Phi) is 2.49. The molecule has 0 saturated heterocycles. The van der Waals surface area contributed by atoms with Crippen LogP contribution in [0.3, 0.4) is 0 Å². The van der Waals surface area contributed by atoms with Crippen LogP contribution in [0.15, 0.2) is 42.6 Å². The van der Waals surface area contributed by atoms with Gasteiger partial charge in [-0.25, -0.2) is 4.98 Å². The summed E-state index contributed by atoms with van der Waals surface area (Å²) in [6.45, 7) is 2.03. The molecule has 1 aromatic carbocycles. The third-order valence-corrected chi connectivity index (χ3v) is 3.17. The minimum absolute atomic E-state index is 0.649. The van der Waals surface area contributed by atoms with Gasteiger partial charge in [0.2, 0.25) is 0 Å². The number of halogens is 1. The maximum atomic E-state index is 6.15. The zero-order valence-corrected chi connectivity index (χ0v) is 10.6. The number of fused-ring (bicyclic) bond motifs is 1. The molecule has 0 aliphatic rings. The highest BCUT2D eigenvalue weighted by atomic mass is 35.5. The van der Waals surface area contributed by atoms with Gasteiger partial charge in [-0.2, -0.15) is 0 Å². The molecule has 90 valence electrons. The normalized spacial score (nSPS) is 11.0. The fourth-order valence-electron chi connectivity index (χ4n) is 1.99. The van der Waals surface area contributed by atoms with Crippen molar-refractivity contribution < 1.29 is 0 Å². The lowest BCUT2D eigenvalue weighted by atomic mass is 10.1. The van der Waals surface area contributed by atoms with E-state index in [0.717, 1.165) is 22.5 Å². The molecule has 0 atom stereocenters. The Bertz CT molecular complexity index is 714. The number of hydrogen-bond acceptors (Lipinski definition) is 2. The van der Waals surface area contributed by atoms with E-state index in [1.54, 1.807) is 0 Å². The molecule has 2 heterocycles. The molecule has 18 heavy (non-hydrogen) atoms. The van der Waals surface area contributed by atoms with Gasteiger partial charge in [0, 0.05) is 16.8 Å². The Morgan fingerprint density at radius 1 is 1.11 bits per heavy atom. The summed E-state index contributed by atoms with van der Waals surface area (Å²) in [4.78, 5) is 4.55. The molecule has 0 unspecified atom stereocenters. The minimum Gasteiger partial charge on any atom is -0.383 e. The van der Waals surface area contributed by atoms with E-state index in [4.69, 9.17) is 17.3 Å². The van der Waals surface area contributed by atoms with E-state index in [1.807, 2.05) is 53.9 Å². The summed E-state index contributed by atoms with van der Waals surface area (Å²) in [5.41, 5.74) is 9.90. The first-order chi connectivity index (χ1) is 8.65. The number of aromatic nitrogens is 2. The van der Waals surface area contributed by atoms with E-state index in [-0.39, 0.29) is 0 Å². The SMILES string of the molecule is Cc1ccc2nc(-c3ccc(Cl)cc3)c(N)n2c1. The van der Waals surface area contributed by atoms with E-state index in [0.29, 0.717) is 10.8 Å². The maximum Gasteiger partial charge on any atom is 0.139 e. The number of nitrogen functional groups attached to an aromatic ring is 1. The average molecular weight is 258 g/mol. The molecule has 0 radical (unpaired) electrons. The smallest absolute Gasteiger partial charge is 0.139 e. The van der Waals surface area contributed by atoms with Crippen LogP contribution in [0.1, 0.15) is 5.56 Å². The number of imidazole rings is 1. The Morgan fingerprint density at radius 2 is 1.83 bits per heavy atom. The van der Waals surface area contributed by atoms with Gasteiger partial charge in [-0.05, 0) is 30.7 Å². The zero-order chi connectivity index (χ0) is 12.7. The van der Waals surface area contributed by atoms with Crippen LogP contribution >= 0.6 is 11.6 Å². The lowest BCUT2D eigenvalue weighted by Gasteiger charge is -2.00. The third-order valence-electron chi connectivity index (χ3n) is 2.92. The average Bonchev–Trinajstić information content (AvgIpc) is 2.68. The van der Waals surface area contributed by atoms with Crippen molar-refractivity contribution in [2.24, 2.45) is 0 Å². The number of benzene rings is 1. The van der Waals surface area contributed by atoms with Crippen LogP contribution in [0.2, 0.25) is 5.02 Å². The van der Waals surface area contributed by atoms with E-state index in [2.05, 4.69) is 4.98 Å². The van der Waals surface area contributed by atoms with E-state index < -0.39 is 0 Å². The molecule has 0 amide bonds. The zero-order valence-electron chi connectivity index (χ0n) is 9.89. The fourth-order valence-corrected chi connectivity index (χ4v) is 2.12. The summed E-state index contributed by atoms with van der Waals surface area (Å²) >= 11 is 5.88. The quantitative estimate of drug-likeness (QED) is 0.725. The Morgan fingerprint density at radius 3 is 2.56 bits per heavy atom. The van der Waals surface area contributed by atoms with Gasteiger partial charge in [0.1, 0.15) is 17.2 Å². The Hall–Kier alpha value is -2.00. The Balaban J connectivity index is 2.23. The van der Waals surface area contributed by atoms with Gasteiger partial charge >= 0.3 is 0 Å². The summed E-state index contributed by atoms with van der Waals surface area (Å²) in [6.07, 6.45) is 1.98. The number of nitrogens with zero attached hydrogens (tertiary/aromatic N) is 2. The first kappa shape index (κ1) is 11.1. The first-order valence-corrected chi connectivity index (χ1v) is 6.03. The van der Waals surface area contributed by atoms with E-state index in [1.165, 1.54) is 0 Å². The predicted molar refractivity (Wildman–Crippen MR) is 74.8 cm³/mol. The molecule has 0 saturated carbocycles. The largest absolute Gasteiger partial charge is 0.383 e. The summed E-state index contributed by atoms with van der Waals surface area (Å²) in [6, 6.07) is 11.5. The highest BCUT2D eigenvalue weighted by Crippen LogP contribution is 2.27. The van der Waals surface area contributed by atoms with Gasteiger partial charge < -0.3 is 5.73 Å². The molecule has 3 rings (SSSR count). The van der Waals surface area contributed by atoms with Crippen LogP contribution in [0.4, 0.5) is 5.82 Å². The van der Waals surface area contributed by atoms with Crippen molar-refractivity contribution in [2.45, 2.75) is 6.92 Å². The lowest BCUT2D eigenvalue weighted by Crippen LogP contribution is -1.94. The first-order valence-electron chi connectivity index (χ1n) is 5.65. The molecule has 3 aromatic rings. The molecule has 0 fully saturated rings. The number of aryl methyl sites for hydroxylation is 1. The van der Waals surface area contributed by atoms with Crippen LogP contribution in [-0.4, -0.2) is 9.38 Å². The number of anilines is 1. The maximum absolute atomic E-state index is 6.15. The standard InChI is InChI=1S/C14H12ClN3/c1-9-2-7-12-17-13(14(16)18(12)8-9)10-3-5-11(15)6-4-10/h2-8H,16H2,1H3. The third kappa shape index (κ3) is 1.73. The predicted octanol–water partition coefficient (Wildman–Crippen LogP) is 3.55. The van der Waals surface area contributed by atoms with Crippen LogP contribution in [0, 0.1) is 6.92 Å². The van der Waals surface area contributed by atoms with Crippen LogP contribution in [-0.2, 0) is 0 Å². The lowest BCUT2D eigenvalue weighted by molar-refractivity contribution is 1.16. The Labute approximate surface area is 110 Å². The van der Waals surface area contributed by atoms with Crippen molar-refractivity contribution >= 4 is 23.1 Å². The summed E-state index contributed by atoms with van der Waals surface area (Å²) in [5.74, 6) is 0.649. The van der Waals surface area contributed by atoms with Crippen molar-refractivity contribution in [1.82, 2.24) is 9.38 Å². The van der Waals surface area contributed by atoms with Crippen molar-refractivity contribution in [1.29, 1.82) is 0 Å². The van der Waals surface area contributed by atoms with Gasteiger partial charge in [0.15, 0.2) is 0 Å². The molecule has 0 aliphatic carbocycles. The number of rotatable bonds is 1. The van der Waals surface area contributed by atoms with Gasteiger partial charge in [-0.1, -0.05) is 29.8 Å². The van der Waals surface area contributed by atoms with Gasteiger partial charge in [0.25, 0.3) is 0 Å². The van der Waals surface area contributed by atoms with Gasteiger partial charge in [-0.3, -0.25) is 4.40 Å². The second kappa shape index (κ2) is 4.03. The molecule has 0 spiro atoms. The van der Waals surface area contributed by atoms with Gasteiger partial charge in [-0.15, -0.1) is 0 Å². The number of hydrogen-bond donors (Lipinski definition) is 1. The van der Waals surface area contributed by atoms with E-state index in [9.17, 15) is 0 Å². The molecular formula is C14H12ClN3. The topological polar surface area (TPSA) is 43.3 Å². The summed E-state index contributed by atoms with van der Waals surface area (Å²) < 4.78 is 1.90. The molecule has 3 nitrogen and oxygen atoms in total. The van der Waals surface area contributed by atoms with Crippen LogP contribution in [0.5, 0.6) is 0 Å². The van der Waals surface area contributed by atoms with Crippen LogP contribution < -0.4 is 5.73 Å². The number of pyridine rings is 1. The van der Waals surface area contributed by atoms with Crippen molar-refractivity contribution in [3.63, 3.8) is 0 Å². The van der Waals surface area contributed by atoms with Crippen molar-refractivity contribution in [3.8, 4) is 11.3 Å². The fraction of sp³-hybridized carbons (Fsp3) is 0.0714. The molecule has 0 bridgehead atoms. The second-order valence-electron chi connectivity index (χ2n) is 4.29. The highest BCUT2D eigenvalue weighted by molar-refractivity contribution is 6.30. The number of nitrogens with two attached hydrogens (primary N) is 1. The molecule has 2 N–H and O–H groups in total. The molecule has 2 aromatic heterocycles. The molecule has 4 heteroatoms. The highest BCUT2D eigenvalue weighted by Gasteiger charge is 2.10. The van der Waals surface area contributed by atoms with Gasteiger partial charge in [0.05, 0.1) is 0 Å². The summed E-state index contributed by atoms with van der Waals surface area (Å²) in [5, 5.41) is 0.705. The molecule has 0 aliphatic heterocycles. The summed E-state index contributed by atoms with van der Waals surface area (Å²) in [7, 11) is 0. The van der Waals surface area contributed by atoms with Crippen molar-refractivity contribution in [2.75, 3.05) is 5.73 Å². The minimum atomic E-state index is 0.649. The van der Waals surface area contributed by atoms with E-state index >= 15 is 0 Å². The van der Waals surface area contributed by atoms with Crippen LogP contribution in [0.25, 0.3) is 16.9 Å².